The molecule has 7 nitrogen and oxygen atoms in total. The lowest BCUT2D eigenvalue weighted by Gasteiger charge is -2.10. The molecule has 0 radical (unpaired) electrons. The molecule has 0 aromatic carbocycles. The smallest absolute Gasteiger partial charge is 0.303 e. The Morgan fingerprint density at radius 1 is 1.33 bits per heavy atom. The van der Waals surface area contributed by atoms with E-state index in [2.05, 4.69) is 10.3 Å². The molecule has 0 bridgehead atoms. The SMILES string of the molecule is COCCOc1ccc(NC(=O)CC(C)CC(=O)O)cn1. The first kappa shape index (κ1) is 16.9. The zero-order valence-electron chi connectivity index (χ0n) is 12.2. The molecular formula is C14H20N2O5. The number of carbonyl (C=O) groups is 2. The molecular weight excluding hydrogens is 276 g/mol. The van der Waals surface area contributed by atoms with Gasteiger partial charge in [0.15, 0.2) is 0 Å². The Morgan fingerprint density at radius 3 is 2.67 bits per heavy atom. The number of methoxy groups -OCH3 is 1. The highest BCUT2D eigenvalue weighted by molar-refractivity contribution is 5.90. The summed E-state index contributed by atoms with van der Waals surface area (Å²) in [6.45, 7) is 2.60. The number of carboxylic acid groups (broad SMARTS) is 1. The molecule has 21 heavy (non-hydrogen) atoms. The molecule has 7 heteroatoms. The molecule has 2 N–H and O–H groups in total. The van der Waals surface area contributed by atoms with Crippen LogP contribution in [0.25, 0.3) is 0 Å². The van der Waals surface area contributed by atoms with Gasteiger partial charge in [-0.25, -0.2) is 4.98 Å². The van der Waals surface area contributed by atoms with Crippen molar-refractivity contribution in [1.82, 2.24) is 4.98 Å². The van der Waals surface area contributed by atoms with Crippen LogP contribution in [-0.4, -0.2) is 42.3 Å². The third-order valence-corrected chi connectivity index (χ3v) is 2.61. The molecule has 1 aromatic rings. The summed E-state index contributed by atoms with van der Waals surface area (Å²) in [7, 11) is 1.58. The molecule has 0 saturated carbocycles. The van der Waals surface area contributed by atoms with Gasteiger partial charge in [0.05, 0.1) is 18.5 Å². The molecule has 0 aliphatic heterocycles. The third kappa shape index (κ3) is 7.26. The van der Waals surface area contributed by atoms with Crippen molar-refractivity contribution in [1.29, 1.82) is 0 Å². The Bertz CT molecular complexity index is 461. The van der Waals surface area contributed by atoms with Crippen molar-refractivity contribution in [3.8, 4) is 5.88 Å². The summed E-state index contributed by atoms with van der Waals surface area (Å²) in [5, 5.41) is 11.3. The summed E-state index contributed by atoms with van der Waals surface area (Å²) in [5.74, 6) is -0.912. The van der Waals surface area contributed by atoms with Gasteiger partial charge in [0, 0.05) is 26.0 Å². The fraction of sp³-hybridized carbons (Fsp3) is 0.500. The van der Waals surface area contributed by atoms with Gasteiger partial charge in [0.25, 0.3) is 0 Å². The van der Waals surface area contributed by atoms with E-state index in [0.717, 1.165) is 0 Å². The van der Waals surface area contributed by atoms with Crippen LogP contribution >= 0.6 is 0 Å². The highest BCUT2D eigenvalue weighted by Gasteiger charge is 2.12. The molecule has 0 fully saturated rings. The van der Waals surface area contributed by atoms with Gasteiger partial charge in [0.1, 0.15) is 6.61 Å². The van der Waals surface area contributed by atoms with Crippen LogP contribution in [0.3, 0.4) is 0 Å². The van der Waals surface area contributed by atoms with Crippen LogP contribution in [0.4, 0.5) is 5.69 Å². The summed E-state index contributed by atoms with van der Waals surface area (Å²) >= 11 is 0. The topological polar surface area (TPSA) is 97.8 Å². The summed E-state index contributed by atoms with van der Waals surface area (Å²) in [6.07, 6.45) is 1.61. The van der Waals surface area contributed by atoms with Crippen LogP contribution in [0, 0.1) is 5.92 Å². The van der Waals surface area contributed by atoms with Crippen LogP contribution in [0.1, 0.15) is 19.8 Å². The monoisotopic (exact) mass is 296 g/mol. The average molecular weight is 296 g/mol. The minimum Gasteiger partial charge on any atom is -0.481 e. The van der Waals surface area contributed by atoms with Crippen molar-refractivity contribution in [2.75, 3.05) is 25.6 Å². The number of hydrogen-bond donors (Lipinski definition) is 2. The van der Waals surface area contributed by atoms with E-state index in [0.29, 0.717) is 24.8 Å². The Balaban J connectivity index is 2.40. The second kappa shape index (κ2) is 8.91. The van der Waals surface area contributed by atoms with Gasteiger partial charge in [-0.05, 0) is 12.0 Å². The largest absolute Gasteiger partial charge is 0.481 e. The lowest BCUT2D eigenvalue weighted by atomic mass is 10.0. The van der Waals surface area contributed by atoms with E-state index in [-0.39, 0.29) is 24.7 Å². The van der Waals surface area contributed by atoms with Crippen LogP contribution in [0.5, 0.6) is 5.88 Å². The van der Waals surface area contributed by atoms with Gasteiger partial charge in [-0.3, -0.25) is 9.59 Å². The van der Waals surface area contributed by atoms with E-state index in [1.165, 1.54) is 6.20 Å². The van der Waals surface area contributed by atoms with Crippen molar-refractivity contribution in [2.24, 2.45) is 5.92 Å². The molecule has 1 rings (SSSR count). The van der Waals surface area contributed by atoms with Crippen molar-refractivity contribution in [3.63, 3.8) is 0 Å². The standard InChI is InChI=1S/C14H20N2O5/c1-10(8-14(18)19)7-12(17)16-11-3-4-13(15-9-11)21-6-5-20-2/h3-4,9-10H,5-8H2,1-2H3,(H,16,17)(H,18,19). The minimum absolute atomic E-state index is 0.0298. The van der Waals surface area contributed by atoms with E-state index in [4.69, 9.17) is 14.6 Å². The number of pyridine rings is 1. The van der Waals surface area contributed by atoms with Crippen LogP contribution < -0.4 is 10.1 Å². The number of nitrogens with one attached hydrogen (secondary N) is 1. The van der Waals surface area contributed by atoms with E-state index in [1.54, 1.807) is 26.2 Å². The molecule has 116 valence electrons. The first-order valence-electron chi connectivity index (χ1n) is 6.60. The molecule has 0 aliphatic carbocycles. The number of hydrogen-bond acceptors (Lipinski definition) is 5. The van der Waals surface area contributed by atoms with Crippen molar-refractivity contribution in [2.45, 2.75) is 19.8 Å². The number of ether oxygens (including phenoxy) is 2. The summed E-state index contributed by atoms with van der Waals surface area (Å²) in [5.41, 5.74) is 0.543. The third-order valence-electron chi connectivity index (χ3n) is 2.61. The summed E-state index contributed by atoms with van der Waals surface area (Å²) < 4.78 is 10.2. The Hall–Kier alpha value is -2.15. The van der Waals surface area contributed by atoms with Gasteiger partial charge >= 0.3 is 5.97 Å². The summed E-state index contributed by atoms with van der Waals surface area (Å²) in [4.78, 5) is 26.3. The lowest BCUT2D eigenvalue weighted by molar-refractivity contribution is -0.138. The highest BCUT2D eigenvalue weighted by atomic mass is 16.5. The predicted molar refractivity (Wildman–Crippen MR) is 76.3 cm³/mol. The molecule has 0 saturated heterocycles. The van der Waals surface area contributed by atoms with Gasteiger partial charge in [-0.1, -0.05) is 6.92 Å². The first-order valence-corrected chi connectivity index (χ1v) is 6.60. The maximum atomic E-state index is 11.7. The van der Waals surface area contributed by atoms with Gasteiger partial charge < -0.3 is 19.9 Å². The molecule has 1 amide bonds. The lowest BCUT2D eigenvalue weighted by Crippen LogP contribution is -2.17. The maximum Gasteiger partial charge on any atom is 0.303 e. The quantitative estimate of drug-likeness (QED) is 0.671. The fourth-order valence-electron chi connectivity index (χ4n) is 1.67. The summed E-state index contributed by atoms with van der Waals surface area (Å²) in [6, 6.07) is 3.32. The molecule has 1 aromatic heterocycles. The van der Waals surface area contributed by atoms with Crippen molar-refractivity contribution >= 4 is 17.6 Å². The molecule has 0 spiro atoms. The van der Waals surface area contributed by atoms with E-state index in [9.17, 15) is 9.59 Å². The zero-order chi connectivity index (χ0) is 15.7. The van der Waals surface area contributed by atoms with Gasteiger partial charge in [0.2, 0.25) is 11.8 Å². The molecule has 1 unspecified atom stereocenters. The van der Waals surface area contributed by atoms with Crippen LogP contribution in [-0.2, 0) is 14.3 Å². The maximum absolute atomic E-state index is 11.7. The fourth-order valence-corrected chi connectivity index (χ4v) is 1.67. The van der Waals surface area contributed by atoms with Crippen molar-refractivity contribution < 1.29 is 24.2 Å². The predicted octanol–water partition coefficient (Wildman–Crippen LogP) is 1.55. The van der Waals surface area contributed by atoms with Crippen molar-refractivity contribution in [3.05, 3.63) is 18.3 Å². The number of aliphatic carboxylic acids is 1. The molecule has 1 atom stereocenters. The van der Waals surface area contributed by atoms with E-state index in [1.807, 2.05) is 0 Å². The zero-order valence-corrected chi connectivity index (χ0v) is 12.2. The van der Waals surface area contributed by atoms with Crippen LogP contribution in [0.2, 0.25) is 0 Å². The minimum atomic E-state index is -0.908. The number of amides is 1. The highest BCUT2D eigenvalue weighted by Crippen LogP contribution is 2.14. The number of carboxylic acids is 1. The Kier molecular flexibility index (Phi) is 7.17. The Morgan fingerprint density at radius 2 is 2.10 bits per heavy atom. The van der Waals surface area contributed by atoms with E-state index >= 15 is 0 Å². The van der Waals surface area contributed by atoms with Gasteiger partial charge in [-0.2, -0.15) is 0 Å². The number of nitrogens with zero attached hydrogens (tertiary/aromatic N) is 1. The number of aromatic nitrogens is 1. The van der Waals surface area contributed by atoms with Crippen LogP contribution in [0.15, 0.2) is 18.3 Å². The Labute approximate surface area is 123 Å². The number of carbonyl (C=O) groups excluding carboxylic acids is 1. The van der Waals surface area contributed by atoms with Gasteiger partial charge in [-0.15, -0.1) is 0 Å². The number of anilines is 1. The normalized spacial score (nSPS) is 11.7. The number of rotatable bonds is 9. The van der Waals surface area contributed by atoms with E-state index < -0.39 is 5.97 Å². The molecule has 1 heterocycles. The second-order valence-electron chi connectivity index (χ2n) is 4.68. The second-order valence-corrected chi connectivity index (χ2v) is 4.68. The average Bonchev–Trinajstić information content (AvgIpc) is 2.39. The molecule has 0 aliphatic rings. The first-order chi connectivity index (χ1) is 10.0.